The molecular formula is C17H27FN4O2. The van der Waals surface area contributed by atoms with Crippen LogP contribution < -0.4 is 15.5 Å². The first-order valence-corrected chi connectivity index (χ1v) is 8.38. The zero-order valence-corrected chi connectivity index (χ0v) is 14.5. The summed E-state index contributed by atoms with van der Waals surface area (Å²) in [4.78, 5) is 15.8. The maximum absolute atomic E-state index is 14.2. The normalized spacial score (nSPS) is 14.2. The second-order valence-electron chi connectivity index (χ2n) is 6.16. The van der Waals surface area contributed by atoms with Crippen LogP contribution in [0, 0.1) is 5.82 Å². The van der Waals surface area contributed by atoms with E-state index in [-0.39, 0.29) is 11.8 Å². The number of amides is 2. The van der Waals surface area contributed by atoms with E-state index in [0.29, 0.717) is 31.1 Å². The van der Waals surface area contributed by atoms with E-state index in [1.165, 1.54) is 6.07 Å². The van der Waals surface area contributed by atoms with Crippen molar-refractivity contribution in [1.82, 2.24) is 10.2 Å². The molecule has 1 aromatic carbocycles. The first-order chi connectivity index (χ1) is 11.6. The number of urea groups is 1. The number of nitrogens with one attached hydrogen (secondary N) is 2. The van der Waals surface area contributed by atoms with Gasteiger partial charge < -0.3 is 25.2 Å². The van der Waals surface area contributed by atoms with Gasteiger partial charge in [-0.1, -0.05) is 0 Å². The van der Waals surface area contributed by atoms with Crippen molar-refractivity contribution in [2.45, 2.75) is 12.8 Å². The van der Waals surface area contributed by atoms with Crippen molar-refractivity contribution in [3.8, 4) is 0 Å². The molecule has 1 saturated heterocycles. The Morgan fingerprint density at radius 2 is 2.04 bits per heavy atom. The van der Waals surface area contributed by atoms with E-state index in [1.807, 2.05) is 23.9 Å². The Labute approximate surface area is 142 Å². The number of halogens is 1. The van der Waals surface area contributed by atoms with Gasteiger partial charge in [-0.3, -0.25) is 0 Å². The molecule has 0 saturated carbocycles. The summed E-state index contributed by atoms with van der Waals surface area (Å²) in [6.07, 6.45) is 2.19. The van der Waals surface area contributed by atoms with Gasteiger partial charge in [-0.25, -0.2) is 9.18 Å². The van der Waals surface area contributed by atoms with E-state index in [9.17, 15) is 9.18 Å². The predicted octanol–water partition coefficient (Wildman–Crippen LogP) is 2.13. The topological polar surface area (TPSA) is 56.8 Å². The fourth-order valence-corrected chi connectivity index (χ4v) is 2.56. The highest BCUT2D eigenvalue weighted by molar-refractivity contribution is 5.89. The van der Waals surface area contributed by atoms with Crippen molar-refractivity contribution >= 4 is 17.4 Å². The Bertz CT molecular complexity index is 533. The van der Waals surface area contributed by atoms with Crippen molar-refractivity contribution in [3.63, 3.8) is 0 Å². The lowest BCUT2D eigenvalue weighted by atomic mass is 10.2. The van der Waals surface area contributed by atoms with E-state index in [4.69, 9.17) is 4.74 Å². The lowest BCUT2D eigenvalue weighted by Crippen LogP contribution is -2.32. The molecule has 1 fully saturated rings. The van der Waals surface area contributed by atoms with Gasteiger partial charge in [0.2, 0.25) is 0 Å². The van der Waals surface area contributed by atoms with Gasteiger partial charge in [-0.2, -0.15) is 0 Å². The van der Waals surface area contributed by atoms with Crippen molar-refractivity contribution < 1.29 is 13.9 Å². The number of benzene rings is 1. The molecule has 0 atom stereocenters. The standard InChI is InChI=1S/C17H27FN4O2/c1-21(2)10-12-24-11-7-19-17(23)20-14-5-6-16(15(18)13-14)22-8-3-4-9-22/h5-6,13H,3-4,7-12H2,1-2H3,(H2,19,20,23). The second-order valence-corrected chi connectivity index (χ2v) is 6.16. The highest BCUT2D eigenvalue weighted by Gasteiger charge is 2.16. The lowest BCUT2D eigenvalue weighted by Gasteiger charge is -2.19. The van der Waals surface area contributed by atoms with Gasteiger partial charge in [0.05, 0.1) is 18.9 Å². The molecule has 1 aliphatic rings. The third-order valence-corrected chi connectivity index (χ3v) is 3.87. The maximum atomic E-state index is 14.2. The molecule has 0 unspecified atom stereocenters. The average molecular weight is 338 g/mol. The van der Waals surface area contributed by atoms with Crippen LogP contribution in [0.5, 0.6) is 0 Å². The molecule has 2 N–H and O–H groups in total. The molecule has 2 rings (SSSR count). The average Bonchev–Trinajstić information content (AvgIpc) is 3.04. The van der Waals surface area contributed by atoms with Crippen LogP contribution in [0.3, 0.4) is 0 Å². The fourth-order valence-electron chi connectivity index (χ4n) is 2.56. The quantitative estimate of drug-likeness (QED) is 0.713. The first kappa shape index (κ1) is 18.5. The molecule has 1 aliphatic heterocycles. The fraction of sp³-hybridized carbons (Fsp3) is 0.588. The van der Waals surface area contributed by atoms with E-state index >= 15 is 0 Å². The van der Waals surface area contributed by atoms with Gasteiger partial charge in [0.1, 0.15) is 5.82 Å². The van der Waals surface area contributed by atoms with Crippen LogP contribution in [-0.2, 0) is 4.74 Å². The van der Waals surface area contributed by atoms with Crippen LogP contribution in [0.2, 0.25) is 0 Å². The zero-order valence-electron chi connectivity index (χ0n) is 14.5. The van der Waals surface area contributed by atoms with Crippen LogP contribution in [0.25, 0.3) is 0 Å². The van der Waals surface area contributed by atoms with Crippen molar-refractivity contribution in [2.75, 3.05) is 63.7 Å². The molecular weight excluding hydrogens is 311 g/mol. The summed E-state index contributed by atoms with van der Waals surface area (Å²) >= 11 is 0. The summed E-state index contributed by atoms with van der Waals surface area (Å²) in [7, 11) is 3.95. The maximum Gasteiger partial charge on any atom is 0.319 e. The summed E-state index contributed by atoms with van der Waals surface area (Å²) in [5, 5.41) is 5.32. The van der Waals surface area contributed by atoms with Gasteiger partial charge in [0, 0.05) is 31.9 Å². The van der Waals surface area contributed by atoms with Crippen LogP contribution in [0.15, 0.2) is 18.2 Å². The first-order valence-electron chi connectivity index (χ1n) is 8.38. The molecule has 134 valence electrons. The molecule has 1 heterocycles. The van der Waals surface area contributed by atoms with Crippen LogP contribution >= 0.6 is 0 Å². The summed E-state index contributed by atoms with van der Waals surface area (Å²) in [6, 6.07) is 4.45. The predicted molar refractivity (Wildman–Crippen MR) is 94.2 cm³/mol. The largest absolute Gasteiger partial charge is 0.378 e. The second kappa shape index (κ2) is 9.44. The Morgan fingerprint density at radius 1 is 1.29 bits per heavy atom. The smallest absolute Gasteiger partial charge is 0.319 e. The Hall–Kier alpha value is -1.86. The van der Waals surface area contributed by atoms with E-state index < -0.39 is 0 Å². The molecule has 24 heavy (non-hydrogen) atoms. The van der Waals surface area contributed by atoms with Crippen LogP contribution in [0.4, 0.5) is 20.6 Å². The minimum absolute atomic E-state index is 0.304. The number of anilines is 2. The number of rotatable bonds is 8. The summed E-state index contributed by atoms with van der Waals surface area (Å²) in [5.74, 6) is -0.304. The molecule has 0 bridgehead atoms. The number of nitrogens with zero attached hydrogens (tertiary/aromatic N) is 2. The molecule has 1 aromatic rings. The molecule has 0 aromatic heterocycles. The number of carbonyl (C=O) groups excluding carboxylic acids is 1. The highest BCUT2D eigenvalue weighted by Crippen LogP contribution is 2.25. The van der Waals surface area contributed by atoms with Gasteiger partial charge in [-0.15, -0.1) is 0 Å². The summed E-state index contributed by atoms with van der Waals surface area (Å²) in [6.45, 7) is 4.10. The molecule has 0 radical (unpaired) electrons. The number of likely N-dealkylation sites (N-methyl/N-ethyl adjacent to an activating group) is 1. The number of carbonyl (C=O) groups is 1. The molecule has 2 amide bonds. The van der Waals surface area contributed by atoms with Crippen LogP contribution in [-0.4, -0.2) is 64.4 Å². The van der Waals surface area contributed by atoms with Gasteiger partial charge in [0.15, 0.2) is 0 Å². The van der Waals surface area contributed by atoms with E-state index in [0.717, 1.165) is 32.5 Å². The third-order valence-electron chi connectivity index (χ3n) is 3.87. The van der Waals surface area contributed by atoms with E-state index in [1.54, 1.807) is 12.1 Å². The van der Waals surface area contributed by atoms with Gasteiger partial charge in [0.25, 0.3) is 0 Å². The number of ether oxygens (including phenoxy) is 1. The SMILES string of the molecule is CN(C)CCOCCNC(=O)Nc1ccc(N2CCCC2)c(F)c1. The Kier molecular flexibility index (Phi) is 7.27. The molecule has 0 aliphatic carbocycles. The van der Waals surface area contributed by atoms with Gasteiger partial charge in [-0.05, 0) is 45.1 Å². The Morgan fingerprint density at radius 3 is 2.71 bits per heavy atom. The number of hydrogen-bond donors (Lipinski definition) is 2. The number of hydrogen-bond acceptors (Lipinski definition) is 4. The third kappa shape index (κ3) is 5.98. The summed E-state index contributed by atoms with van der Waals surface area (Å²) in [5.41, 5.74) is 1.05. The lowest BCUT2D eigenvalue weighted by molar-refractivity contribution is 0.120. The Balaban J connectivity index is 1.70. The zero-order chi connectivity index (χ0) is 17.4. The summed E-state index contributed by atoms with van der Waals surface area (Å²) < 4.78 is 19.6. The highest BCUT2D eigenvalue weighted by atomic mass is 19.1. The minimum atomic E-state index is -0.362. The van der Waals surface area contributed by atoms with Crippen molar-refractivity contribution in [1.29, 1.82) is 0 Å². The molecule has 6 nitrogen and oxygen atoms in total. The minimum Gasteiger partial charge on any atom is -0.378 e. The monoisotopic (exact) mass is 338 g/mol. The van der Waals surface area contributed by atoms with E-state index in [2.05, 4.69) is 10.6 Å². The van der Waals surface area contributed by atoms with Crippen molar-refractivity contribution in [2.24, 2.45) is 0 Å². The molecule has 0 spiro atoms. The van der Waals surface area contributed by atoms with Gasteiger partial charge >= 0.3 is 6.03 Å². The molecule has 7 heteroatoms. The van der Waals surface area contributed by atoms with Crippen LogP contribution in [0.1, 0.15) is 12.8 Å². The van der Waals surface area contributed by atoms with Crippen molar-refractivity contribution in [3.05, 3.63) is 24.0 Å².